The smallest absolute Gasteiger partial charge is 0.251 e. The average molecular weight is 322 g/mol. The maximum Gasteiger partial charge on any atom is 0.251 e. The van der Waals surface area contributed by atoms with E-state index in [1.807, 2.05) is 0 Å². The highest BCUT2D eigenvalue weighted by Crippen LogP contribution is 2.27. The Labute approximate surface area is 129 Å². The molecule has 22 heavy (non-hydrogen) atoms. The largest absolute Gasteiger partial charge is 0.349 e. The molecule has 1 heterocycles. The molecule has 0 atom stereocenters. The standard InChI is InChI=1S/C15H18N2O4S/c1-17-13-6-4-12(10-11(13)5-7-14(17)18)15(19)16-8-3-9-22(2,20)21/h3-4,6,9-10H,5,7-8H2,1-2H3,(H,16,19)/b9-3+. The van der Waals surface area contributed by atoms with E-state index in [1.54, 1.807) is 30.1 Å². The highest BCUT2D eigenvalue weighted by molar-refractivity contribution is 7.93. The van der Waals surface area contributed by atoms with Crippen molar-refractivity contribution in [3.05, 3.63) is 40.8 Å². The van der Waals surface area contributed by atoms with Gasteiger partial charge >= 0.3 is 0 Å². The number of benzene rings is 1. The molecule has 0 aromatic heterocycles. The summed E-state index contributed by atoms with van der Waals surface area (Å²) in [4.78, 5) is 25.2. The molecule has 1 aromatic rings. The third-order valence-corrected chi connectivity index (χ3v) is 4.10. The van der Waals surface area contributed by atoms with Crippen molar-refractivity contribution in [1.82, 2.24) is 5.32 Å². The number of nitrogens with one attached hydrogen (secondary N) is 1. The van der Waals surface area contributed by atoms with Crippen molar-refractivity contribution in [1.29, 1.82) is 0 Å². The van der Waals surface area contributed by atoms with E-state index in [9.17, 15) is 18.0 Å². The van der Waals surface area contributed by atoms with Crippen LogP contribution in [0.3, 0.4) is 0 Å². The fourth-order valence-electron chi connectivity index (χ4n) is 2.27. The number of hydrogen-bond donors (Lipinski definition) is 1. The van der Waals surface area contributed by atoms with Crippen LogP contribution in [0.1, 0.15) is 22.3 Å². The first kappa shape index (κ1) is 16.2. The zero-order valence-corrected chi connectivity index (χ0v) is 13.3. The van der Waals surface area contributed by atoms with E-state index < -0.39 is 9.84 Å². The van der Waals surface area contributed by atoms with Gasteiger partial charge in [0.15, 0.2) is 9.84 Å². The number of hydrogen-bond acceptors (Lipinski definition) is 4. The van der Waals surface area contributed by atoms with Gasteiger partial charge in [0.1, 0.15) is 0 Å². The summed E-state index contributed by atoms with van der Waals surface area (Å²) in [6, 6.07) is 5.19. The van der Waals surface area contributed by atoms with Crippen LogP contribution in [-0.4, -0.2) is 40.1 Å². The molecule has 7 heteroatoms. The van der Waals surface area contributed by atoms with Gasteiger partial charge in [-0.3, -0.25) is 9.59 Å². The summed E-state index contributed by atoms with van der Waals surface area (Å²) in [5.41, 5.74) is 2.28. The van der Waals surface area contributed by atoms with Crippen LogP contribution >= 0.6 is 0 Å². The zero-order valence-electron chi connectivity index (χ0n) is 12.5. The molecule has 0 fully saturated rings. The van der Waals surface area contributed by atoms with Gasteiger partial charge in [-0.05, 0) is 30.2 Å². The summed E-state index contributed by atoms with van der Waals surface area (Å²) < 4.78 is 21.9. The Morgan fingerprint density at radius 1 is 1.36 bits per heavy atom. The normalized spacial score (nSPS) is 15.0. The van der Waals surface area contributed by atoms with Gasteiger partial charge in [-0.15, -0.1) is 0 Å². The Kier molecular flexibility index (Phi) is 4.65. The Morgan fingerprint density at radius 3 is 2.77 bits per heavy atom. The molecular formula is C15H18N2O4S. The van der Waals surface area contributed by atoms with E-state index in [2.05, 4.69) is 5.32 Å². The van der Waals surface area contributed by atoms with Gasteiger partial charge in [0, 0.05) is 42.9 Å². The van der Waals surface area contributed by atoms with E-state index in [4.69, 9.17) is 0 Å². The van der Waals surface area contributed by atoms with Gasteiger partial charge < -0.3 is 10.2 Å². The monoisotopic (exact) mass is 322 g/mol. The van der Waals surface area contributed by atoms with Gasteiger partial charge in [-0.2, -0.15) is 0 Å². The predicted molar refractivity (Wildman–Crippen MR) is 84.5 cm³/mol. The van der Waals surface area contributed by atoms with Crippen molar-refractivity contribution in [3.63, 3.8) is 0 Å². The van der Waals surface area contributed by atoms with E-state index in [1.165, 1.54) is 6.08 Å². The van der Waals surface area contributed by atoms with Crippen LogP contribution in [0.15, 0.2) is 29.7 Å². The molecule has 0 radical (unpaired) electrons. The zero-order chi connectivity index (χ0) is 16.3. The van der Waals surface area contributed by atoms with Crippen LogP contribution in [0, 0.1) is 0 Å². The lowest BCUT2D eigenvalue weighted by atomic mass is 9.99. The molecule has 0 aliphatic carbocycles. The second kappa shape index (κ2) is 6.31. The molecule has 118 valence electrons. The summed E-state index contributed by atoms with van der Waals surface area (Å²) in [7, 11) is -1.46. The van der Waals surface area contributed by atoms with Crippen LogP contribution in [-0.2, 0) is 21.1 Å². The first-order valence-corrected chi connectivity index (χ1v) is 8.77. The van der Waals surface area contributed by atoms with Crippen LogP contribution in [0.2, 0.25) is 0 Å². The Morgan fingerprint density at radius 2 is 2.09 bits per heavy atom. The molecule has 2 amide bonds. The van der Waals surface area contributed by atoms with Gasteiger partial charge in [0.2, 0.25) is 5.91 Å². The quantitative estimate of drug-likeness (QED) is 0.892. The lowest BCUT2D eigenvalue weighted by Crippen LogP contribution is -2.31. The van der Waals surface area contributed by atoms with Gasteiger partial charge in [0.25, 0.3) is 5.91 Å². The van der Waals surface area contributed by atoms with E-state index in [0.717, 1.165) is 22.9 Å². The minimum Gasteiger partial charge on any atom is -0.349 e. The molecule has 2 rings (SSSR count). The van der Waals surface area contributed by atoms with Crippen molar-refractivity contribution in [3.8, 4) is 0 Å². The number of aryl methyl sites for hydroxylation is 1. The van der Waals surface area contributed by atoms with Crippen molar-refractivity contribution in [2.24, 2.45) is 0 Å². The summed E-state index contributed by atoms with van der Waals surface area (Å²) in [5.74, 6) is -0.212. The Bertz CT molecular complexity index is 738. The molecule has 1 aliphatic heterocycles. The molecule has 1 N–H and O–H groups in total. The maximum atomic E-state index is 12.0. The second-order valence-electron chi connectivity index (χ2n) is 5.21. The fourth-order valence-corrected chi connectivity index (χ4v) is 2.72. The first-order chi connectivity index (χ1) is 10.3. The van der Waals surface area contributed by atoms with Gasteiger partial charge in [-0.1, -0.05) is 6.08 Å². The Hall–Kier alpha value is -2.15. The van der Waals surface area contributed by atoms with Crippen LogP contribution in [0.25, 0.3) is 0 Å². The maximum absolute atomic E-state index is 12.0. The number of carbonyl (C=O) groups is 2. The molecule has 0 spiro atoms. The molecule has 0 bridgehead atoms. The number of amides is 2. The number of nitrogens with zero attached hydrogens (tertiary/aromatic N) is 1. The molecule has 0 unspecified atom stereocenters. The highest BCUT2D eigenvalue weighted by atomic mass is 32.2. The van der Waals surface area contributed by atoms with E-state index in [0.29, 0.717) is 18.4 Å². The van der Waals surface area contributed by atoms with Gasteiger partial charge in [0.05, 0.1) is 0 Å². The van der Waals surface area contributed by atoms with Crippen LogP contribution in [0.5, 0.6) is 0 Å². The molecular weight excluding hydrogens is 304 g/mol. The summed E-state index contributed by atoms with van der Waals surface area (Å²) in [6.45, 7) is 0.140. The SMILES string of the molecule is CN1C(=O)CCc2cc(C(=O)NC/C=C/S(C)(=O)=O)ccc21. The number of carbonyl (C=O) groups excluding carboxylic acids is 2. The molecule has 1 aromatic carbocycles. The van der Waals surface area contributed by atoms with E-state index in [-0.39, 0.29) is 18.4 Å². The number of anilines is 1. The van der Waals surface area contributed by atoms with Crippen LogP contribution < -0.4 is 10.2 Å². The average Bonchev–Trinajstić information content (AvgIpc) is 2.46. The summed E-state index contributed by atoms with van der Waals surface area (Å²) in [5, 5.41) is 3.68. The molecule has 1 aliphatic rings. The second-order valence-corrected chi connectivity index (χ2v) is 7.14. The van der Waals surface area contributed by atoms with Crippen LogP contribution in [0.4, 0.5) is 5.69 Å². The lowest BCUT2D eigenvalue weighted by Gasteiger charge is -2.26. The van der Waals surface area contributed by atoms with E-state index >= 15 is 0 Å². The minimum atomic E-state index is -3.18. The van der Waals surface area contributed by atoms with Crippen molar-refractivity contribution >= 4 is 27.3 Å². The van der Waals surface area contributed by atoms with Gasteiger partial charge in [-0.25, -0.2) is 8.42 Å². The number of sulfone groups is 1. The highest BCUT2D eigenvalue weighted by Gasteiger charge is 2.21. The molecule has 0 saturated heterocycles. The van der Waals surface area contributed by atoms with Crippen molar-refractivity contribution < 1.29 is 18.0 Å². The fraction of sp³-hybridized carbons (Fsp3) is 0.333. The van der Waals surface area contributed by atoms with Crippen molar-refractivity contribution in [2.45, 2.75) is 12.8 Å². The molecule has 0 saturated carbocycles. The Balaban J connectivity index is 2.06. The third-order valence-electron chi connectivity index (χ3n) is 3.41. The number of fused-ring (bicyclic) bond motifs is 1. The topological polar surface area (TPSA) is 83.6 Å². The predicted octanol–water partition coefficient (Wildman–Crippen LogP) is 0.884. The first-order valence-electron chi connectivity index (χ1n) is 6.82. The number of rotatable bonds is 4. The van der Waals surface area contributed by atoms with Crippen molar-refractivity contribution in [2.75, 3.05) is 24.7 Å². The lowest BCUT2D eigenvalue weighted by molar-refractivity contribution is -0.118. The third kappa shape index (κ3) is 3.94. The molecule has 6 nitrogen and oxygen atoms in total. The minimum absolute atomic E-state index is 0.0654. The summed E-state index contributed by atoms with van der Waals surface area (Å²) >= 11 is 0. The summed E-state index contributed by atoms with van der Waals surface area (Å²) in [6.07, 6.45) is 3.53.